The third-order valence-electron chi connectivity index (χ3n) is 10.3. The van der Waals surface area contributed by atoms with E-state index in [0.717, 1.165) is 71.9 Å². The molecule has 52 heavy (non-hydrogen) atoms. The summed E-state index contributed by atoms with van der Waals surface area (Å²) in [4.78, 5) is 2.38. The molecule has 3 heterocycles. The van der Waals surface area contributed by atoms with Crippen LogP contribution in [0.5, 0.6) is 0 Å². The largest absolute Gasteiger partial charge is 0.456 e. The van der Waals surface area contributed by atoms with Crippen LogP contribution in [0.15, 0.2) is 185 Å². The average Bonchev–Trinajstić information content (AvgIpc) is 3.90. The lowest BCUT2D eigenvalue weighted by Crippen LogP contribution is -2.10. The molecule has 0 bridgehead atoms. The van der Waals surface area contributed by atoms with E-state index in [0.29, 0.717) is 0 Å². The fraction of sp³-hybridized carbons (Fsp3) is 0. The third kappa shape index (κ3) is 4.51. The third-order valence-corrected chi connectivity index (χ3v) is 11.5. The zero-order valence-electron chi connectivity index (χ0n) is 27.9. The maximum absolute atomic E-state index is 6.67. The highest BCUT2D eigenvalue weighted by Gasteiger charge is 2.24. The van der Waals surface area contributed by atoms with Gasteiger partial charge in [0.15, 0.2) is 0 Å². The summed E-state index contributed by atoms with van der Waals surface area (Å²) in [6.45, 7) is 0. The van der Waals surface area contributed by atoms with E-state index >= 15 is 0 Å². The first-order valence-corrected chi connectivity index (χ1v) is 18.3. The van der Waals surface area contributed by atoms with Crippen LogP contribution in [-0.2, 0) is 0 Å². The molecular formula is C48H29NO2S. The predicted molar refractivity (Wildman–Crippen MR) is 219 cm³/mol. The highest BCUT2D eigenvalue weighted by Crippen LogP contribution is 2.50. The average molecular weight is 684 g/mol. The molecule has 0 radical (unpaired) electrons. The van der Waals surface area contributed by atoms with Crippen molar-refractivity contribution in [1.82, 2.24) is 0 Å². The first-order valence-electron chi connectivity index (χ1n) is 17.5. The topological polar surface area (TPSA) is 29.5 Å². The quantitative estimate of drug-likeness (QED) is 0.181. The van der Waals surface area contributed by atoms with Gasteiger partial charge in [0.05, 0.1) is 10.4 Å². The van der Waals surface area contributed by atoms with Gasteiger partial charge in [-0.05, 0) is 76.9 Å². The number of hydrogen-bond acceptors (Lipinski definition) is 4. The molecule has 3 nitrogen and oxygen atoms in total. The van der Waals surface area contributed by atoms with Gasteiger partial charge < -0.3 is 13.7 Å². The number of furan rings is 2. The number of para-hydroxylation sites is 1. The molecule has 0 unspecified atom stereocenters. The van der Waals surface area contributed by atoms with Crippen molar-refractivity contribution in [3.8, 4) is 22.3 Å². The Morgan fingerprint density at radius 2 is 0.962 bits per heavy atom. The predicted octanol–water partition coefficient (Wildman–Crippen LogP) is 14.7. The van der Waals surface area contributed by atoms with E-state index in [1.807, 2.05) is 23.5 Å². The minimum Gasteiger partial charge on any atom is -0.456 e. The summed E-state index contributed by atoms with van der Waals surface area (Å²) in [6.07, 6.45) is 0. The van der Waals surface area contributed by atoms with Gasteiger partial charge in [-0.2, -0.15) is 0 Å². The minimum absolute atomic E-state index is 0.853. The standard InChI is InChI=1S/C48H29NO2S/c1-3-11-30(12-4-1)32-19-22-34(23-20-32)49(35-24-26-38-37-25-21-33(31-13-5-2-6-14-31)27-43(37)50-44(38)28-35)41-29-40-36-15-7-9-17-42(36)51-47(40)46-39-16-8-10-18-45(39)52-48(41)46/h1-29H. The Labute approximate surface area is 303 Å². The van der Waals surface area contributed by atoms with Crippen LogP contribution in [0.1, 0.15) is 0 Å². The molecule has 0 fully saturated rings. The van der Waals surface area contributed by atoms with Gasteiger partial charge in [0.1, 0.15) is 22.3 Å². The Kier molecular flexibility index (Phi) is 6.42. The smallest absolute Gasteiger partial charge is 0.144 e. The molecule has 4 heteroatoms. The van der Waals surface area contributed by atoms with Crippen molar-refractivity contribution in [1.29, 1.82) is 0 Å². The molecule has 0 spiro atoms. The van der Waals surface area contributed by atoms with Gasteiger partial charge in [0.25, 0.3) is 0 Å². The van der Waals surface area contributed by atoms with Gasteiger partial charge in [0.2, 0.25) is 0 Å². The summed E-state index contributed by atoms with van der Waals surface area (Å²) >= 11 is 1.81. The lowest BCUT2D eigenvalue weighted by Gasteiger charge is -2.26. The van der Waals surface area contributed by atoms with Gasteiger partial charge in [-0.15, -0.1) is 11.3 Å². The molecule has 0 aliphatic carbocycles. The normalized spacial score (nSPS) is 11.8. The zero-order valence-corrected chi connectivity index (χ0v) is 28.7. The Morgan fingerprint density at radius 1 is 0.385 bits per heavy atom. The second kappa shape index (κ2) is 11.5. The van der Waals surface area contributed by atoms with Crippen LogP contribution in [0.2, 0.25) is 0 Å². The van der Waals surface area contributed by atoms with Crippen molar-refractivity contribution < 1.29 is 8.83 Å². The van der Waals surface area contributed by atoms with Gasteiger partial charge in [0, 0.05) is 54.5 Å². The zero-order chi connectivity index (χ0) is 34.2. The Balaban J connectivity index is 1.17. The monoisotopic (exact) mass is 683 g/mol. The van der Waals surface area contributed by atoms with Crippen molar-refractivity contribution in [3.63, 3.8) is 0 Å². The fourth-order valence-electron chi connectivity index (χ4n) is 7.79. The van der Waals surface area contributed by atoms with E-state index in [4.69, 9.17) is 8.83 Å². The molecule has 11 rings (SSSR count). The van der Waals surface area contributed by atoms with Gasteiger partial charge >= 0.3 is 0 Å². The van der Waals surface area contributed by atoms with Crippen LogP contribution in [0, 0.1) is 0 Å². The number of anilines is 3. The summed E-state index contributed by atoms with van der Waals surface area (Å²) in [5.74, 6) is 0. The first kappa shape index (κ1) is 29.1. The van der Waals surface area contributed by atoms with Gasteiger partial charge in [-0.1, -0.05) is 115 Å². The molecule has 0 atom stereocenters. The van der Waals surface area contributed by atoms with Crippen molar-refractivity contribution in [2.24, 2.45) is 0 Å². The van der Waals surface area contributed by atoms with E-state index in [1.54, 1.807) is 0 Å². The van der Waals surface area contributed by atoms with E-state index in [2.05, 4.69) is 169 Å². The van der Waals surface area contributed by atoms with E-state index in [1.165, 1.54) is 31.5 Å². The Hall–Kier alpha value is -6.62. The molecule has 8 aromatic carbocycles. The number of thiophene rings is 1. The summed E-state index contributed by atoms with van der Waals surface area (Å²) < 4.78 is 15.7. The highest BCUT2D eigenvalue weighted by atomic mass is 32.1. The van der Waals surface area contributed by atoms with Crippen LogP contribution >= 0.6 is 11.3 Å². The lowest BCUT2D eigenvalue weighted by atomic mass is 10.0. The molecule has 0 amide bonds. The molecular weight excluding hydrogens is 655 g/mol. The lowest BCUT2D eigenvalue weighted by molar-refractivity contribution is 0.669. The summed E-state index contributed by atoms with van der Waals surface area (Å²) in [5.41, 5.74) is 11.4. The van der Waals surface area contributed by atoms with E-state index in [9.17, 15) is 0 Å². The summed E-state index contributed by atoms with van der Waals surface area (Å²) in [7, 11) is 0. The minimum atomic E-state index is 0.853. The molecule has 244 valence electrons. The maximum Gasteiger partial charge on any atom is 0.144 e. The van der Waals surface area contributed by atoms with Crippen LogP contribution in [-0.4, -0.2) is 0 Å². The van der Waals surface area contributed by atoms with Crippen LogP contribution in [0.25, 0.3) is 86.3 Å². The van der Waals surface area contributed by atoms with E-state index < -0.39 is 0 Å². The summed E-state index contributed by atoms with van der Waals surface area (Å²) in [5, 5.41) is 6.77. The van der Waals surface area contributed by atoms with E-state index in [-0.39, 0.29) is 0 Å². The van der Waals surface area contributed by atoms with Crippen molar-refractivity contribution in [2.45, 2.75) is 0 Å². The molecule has 0 aliphatic rings. The van der Waals surface area contributed by atoms with Crippen LogP contribution in [0.4, 0.5) is 17.1 Å². The molecule has 3 aromatic heterocycles. The summed E-state index contributed by atoms with van der Waals surface area (Å²) in [6, 6.07) is 62.4. The van der Waals surface area contributed by atoms with Gasteiger partial charge in [-0.3, -0.25) is 0 Å². The second-order valence-corrected chi connectivity index (χ2v) is 14.3. The second-order valence-electron chi connectivity index (χ2n) is 13.3. The molecule has 0 saturated heterocycles. The number of hydrogen-bond donors (Lipinski definition) is 0. The van der Waals surface area contributed by atoms with Crippen molar-refractivity contribution >= 4 is 92.4 Å². The SMILES string of the molecule is c1ccc(-c2ccc(N(c3ccc4c(c3)oc3cc(-c5ccccc5)ccc34)c3cc4c5ccccc5oc4c4c3sc3ccccc34)cc2)cc1. The Morgan fingerprint density at radius 3 is 1.75 bits per heavy atom. The van der Waals surface area contributed by atoms with Crippen LogP contribution in [0.3, 0.4) is 0 Å². The van der Waals surface area contributed by atoms with Crippen LogP contribution < -0.4 is 4.90 Å². The molecule has 0 N–H and O–H groups in total. The highest BCUT2D eigenvalue weighted by molar-refractivity contribution is 7.26. The number of nitrogens with zero attached hydrogens (tertiary/aromatic N) is 1. The van der Waals surface area contributed by atoms with Gasteiger partial charge in [-0.25, -0.2) is 0 Å². The fourth-order valence-corrected chi connectivity index (χ4v) is 9.00. The Bertz CT molecular complexity index is 3120. The number of fused-ring (bicyclic) bond motifs is 10. The van der Waals surface area contributed by atoms with Crippen molar-refractivity contribution in [2.75, 3.05) is 4.90 Å². The molecule has 0 saturated carbocycles. The first-order chi connectivity index (χ1) is 25.8. The molecule has 11 aromatic rings. The molecule has 0 aliphatic heterocycles. The number of benzene rings is 8. The maximum atomic E-state index is 6.67. The van der Waals surface area contributed by atoms with Crippen molar-refractivity contribution in [3.05, 3.63) is 176 Å². The number of rotatable bonds is 5.